The molecule has 20 nitrogen and oxygen atoms in total. The number of hydrogen-bond acceptors (Lipinski definition) is 15. The van der Waals surface area contributed by atoms with E-state index in [1.807, 2.05) is 29.9 Å². The van der Waals surface area contributed by atoms with Crippen molar-refractivity contribution in [1.29, 1.82) is 0 Å². The van der Waals surface area contributed by atoms with Crippen molar-refractivity contribution < 1.29 is 23.5 Å². The summed E-state index contributed by atoms with van der Waals surface area (Å²) in [7, 11) is 0. The molecule has 2 unspecified atom stereocenters. The number of aromatic nitrogens is 5. The van der Waals surface area contributed by atoms with E-state index < -0.39 is 35.3 Å². The van der Waals surface area contributed by atoms with Gasteiger partial charge in [0.2, 0.25) is 11.9 Å². The zero-order valence-electron chi connectivity index (χ0n) is 31.9. The molecule has 7 rings (SSSR count). The number of benzene rings is 1. The fourth-order valence-electron chi connectivity index (χ4n) is 7.19. The number of hydrogen-bond donors (Lipinski definition) is 4. The molecule has 3 atom stereocenters. The predicted molar refractivity (Wildman–Crippen MR) is 216 cm³/mol. The van der Waals surface area contributed by atoms with Gasteiger partial charge in [-0.15, -0.1) is 11.3 Å². The molecule has 5 aromatic rings. The quantitative estimate of drug-likeness (QED) is 0.0455. The van der Waals surface area contributed by atoms with E-state index in [0.29, 0.717) is 44.6 Å². The van der Waals surface area contributed by atoms with Gasteiger partial charge in [-0.1, -0.05) is 11.2 Å². The molecular weight excluding hydrogens is 785 g/mol. The molecule has 2 amide bonds. The van der Waals surface area contributed by atoms with E-state index in [2.05, 4.69) is 49.9 Å². The maximum absolute atomic E-state index is 13.5. The van der Waals surface area contributed by atoms with Crippen molar-refractivity contribution in [2.24, 2.45) is 5.11 Å². The summed E-state index contributed by atoms with van der Waals surface area (Å²) in [5, 5.41) is 11.7. The van der Waals surface area contributed by atoms with Crippen LogP contribution in [-0.4, -0.2) is 118 Å². The molecule has 4 N–H and O–H groups in total. The first-order valence-corrected chi connectivity index (χ1v) is 20.0. The lowest BCUT2D eigenvalue weighted by Gasteiger charge is -2.32. The number of nitrogens with zero attached hydrogens (tertiary/aromatic N) is 8. The van der Waals surface area contributed by atoms with Crippen LogP contribution in [0, 0.1) is 0 Å². The average Bonchev–Trinajstić information content (AvgIpc) is 3.93. The summed E-state index contributed by atoms with van der Waals surface area (Å²) in [4.78, 5) is 89.1. The monoisotopic (exact) mass is 826 g/mol. The number of thiophene rings is 1. The third-order valence-electron chi connectivity index (χ3n) is 9.95. The number of likely N-dealkylation sites (tertiary alicyclic amines) is 2. The topological polar surface area (TPSA) is 266 Å². The highest BCUT2D eigenvalue weighted by Crippen LogP contribution is 2.28. The molecule has 2 fully saturated rings. The summed E-state index contributed by atoms with van der Waals surface area (Å²) < 4.78 is 15.8. The van der Waals surface area contributed by atoms with Crippen LogP contribution in [0.5, 0.6) is 0 Å². The molecule has 6 heterocycles. The van der Waals surface area contributed by atoms with E-state index in [-0.39, 0.29) is 54.1 Å². The Morgan fingerprint density at radius 1 is 1.03 bits per heavy atom. The van der Waals surface area contributed by atoms with Crippen LogP contribution in [0.4, 0.5) is 5.95 Å². The SMILES string of the molecule is [N-]=[N+]=NC1C[C@@H](C(=O)NCCOCCOCCNc2ncc(CN3CCCC(c4nc(-c5cccs5)cc(=O)[nH]4)C3)cn2)N(C(=O)c2ccc3c(=O)oc(=O)[nH]c3c2)C1. The minimum absolute atomic E-state index is 0.0167. The lowest BCUT2D eigenvalue weighted by atomic mass is 9.96. The van der Waals surface area contributed by atoms with Crippen molar-refractivity contribution in [3.63, 3.8) is 0 Å². The Bertz CT molecular complexity index is 2470. The van der Waals surface area contributed by atoms with Crippen LogP contribution >= 0.6 is 11.3 Å². The highest BCUT2D eigenvalue weighted by atomic mass is 32.1. The van der Waals surface area contributed by atoms with Gasteiger partial charge in [0, 0.05) is 73.1 Å². The van der Waals surface area contributed by atoms with Gasteiger partial charge in [-0.2, -0.15) is 0 Å². The largest absolute Gasteiger partial charge is 0.419 e. The van der Waals surface area contributed by atoms with Gasteiger partial charge < -0.3 is 34.4 Å². The van der Waals surface area contributed by atoms with E-state index in [9.17, 15) is 24.0 Å². The highest BCUT2D eigenvalue weighted by Gasteiger charge is 2.39. The van der Waals surface area contributed by atoms with Gasteiger partial charge in [0.05, 0.1) is 53.9 Å². The fourth-order valence-corrected chi connectivity index (χ4v) is 7.88. The molecule has 4 aromatic heterocycles. The smallest absolute Gasteiger partial charge is 0.377 e. The fraction of sp³-hybridized carbons (Fsp3) is 0.421. The molecule has 0 saturated carbocycles. The van der Waals surface area contributed by atoms with E-state index in [1.165, 1.54) is 23.1 Å². The second kappa shape index (κ2) is 19.5. The van der Waals surface area contributed by atoms with Crippen LogP contribution in [0.15, 0.2) is 78.1 Å². The molecule has 2 aliphatic rings. The zero-order chi connectivity index (χ0) is 41.1. The van der Waals surface area contributed by atoms with Crippen molar-refractivity contribution in [2.75, 3.05) is 64.5 Å². The number of anilines is 1. The van der Waals surface area contributed by atoms with Gasteiger partial charge in [0.15, 0.2) is 0 Å². The maximum Gasteiger partial charge on any atom is 0.419 e. The maximum atomic E-state index is 13.5. The first kappa shape index (κ1) is 40.9. The standard InChI is InChI=1S/C38H42N12O8S/c39-48-47-26-16-30(50(22-26)35(53)24-5-6-27-28(15-24)45-38(55)58-36(27)54)34(52)40-7-10-56-12-13-57-11-8-41-37-42-18-23(19-43-37)20-49-9-1-3-25(21-49)33-44-29(17-32(51)46-33)31-4-2-14-59-31/h2,4-6,14-15,17-19,25-26,30H,1,3,7-13,16,20-22H2,(H,40,52)(H,45,55)(H,41,42,43)(H,44,46,51)/t25?,26?,30-/m0/s1. The van der Waals surface area contributed by atoms with Gasteiger partial charge >= 0.3 is 11.4 Å². The summed E-state index contributed by atoms with van der Waals surface area (Å²) in [5.74, 6) is -0.577. The van der Waals surface area contributed by atoms with Gasteiger partial charge in [-0.05, 0) is 61.0 Å². The summed E-state index contributed by atoms with van der Waals surface area (Å²) in [6, 6.07) is 8.05. The van der Waals surface area contributed by atoms with Crippen molar-refractivity contribution in [2.45, 2.75) is 43.8 Å². The van der Waals surface area contributed by atoms with Crippen LogP contribution in [0.1, 0.15) is 46.9 Å². The molecule has 0 radical (unpaired) electrons. The van der Waals surface area contributed by atoms with E-state index >= 15 is 0 Å². The summed E-state index contributed by atoms with van der Waals surface area (Å²) in [6.07, 6.45) is 5.69. The molecule has 0 spiro atoms. The number of nitrogens with one attached hydrogen (secondary N) is 4. The lowest BCUT2D eigenvalue weighted by molar-refractivity contribution is -0.125. The Kier molecular flexibility index (Phi) is 13.5. The molecule has 0 aliphatic carbocycles. The predicted octanol–water partition coefficient (Wildman–Crippen LogP) is 2.62. The second-order valence-electron chi connectivity index (χ2n) is 14.1. The van der Waals surface area contributed by atoms with Gasteiger partial charge in [-0.3, -0.25) is 24.3 Å². The van der Waals surface area contributed by atoms with E-state index in [0.717, 1.165) is 42.2 Å². The Morgan fingerprint density at radius 3 is 2.63 bits per heavy atom. The molecule has 0 bridgehead atoms. The summed E-state index contributed by atoms with van der Waals surface area (Å²) in [5.41, 5.74) is 9.93. The summed E-state index contributed by atoms with van der Waals surface area (Å²) in [6.45, 7) is 4.29. The molecule has 1 aromatic carbocycles. The first-order chi connectivity index (χ1) is 28.7. The number of aromatic amines is 2. The number of carbonyl (C=O) groups is 2. The Labute approximate surface area is 339 Å². The minimum Gasteiger partial charge on any atom is -0.377 e. The third kappa shape index (κ3) is 10.6. The third-order valence-corrected chi connectivity index (χ3v) is 10.8. The number of H-pyrrole nitrogens is 2. The molecule has 308 valence electrons. The molecule has 21 heteroatoms. The number of amides is 2. The average molecular weight is 827 g/mol. The van der Waals surface area contributed by atoms with Gasteiger partial charge in [-0.25, -0.2) is 24.5 Å². The number of ether oxygens (including phenoxy) is 2. The minimum atomic E-state index is -0.959. The van der Waals surface area contributed by atoms with Crippen LogP contribution in [0.25, 0.3) is 31.9 Å². The number of carbonyl (C=O) groups excluding carboxylic acids is 2. The van der Waals surface area contributed by atoms with Crippen molar-refractivity contribution >= 4 is 40.0 Å². The van der Waals surface area contributed by atoms with E-state index in [1.54, 1.807) is 17.4 Å². The van der Waals surface area contributed by atoms with Crippen molar-refractivity contribution in [3.05, 3.63) is 113 Å². The highest BCUT2D eigenvalue weighted by molar-refractivity contribution is 7.13. The number of rotatable bonds is 17. The van der Waals surface area contributed by atoms with Crippen LogP contribution in [0.2, 0.25) is 0 Å². The Balaban J connectivity index is 0.778. The van der Waals surface area contributed by atoms with Crippen LogP contribution in [-0.2, 0) is 20.8 Å². The molecule has 2 aliphatic heterocycles. The summed E-state index contributed by atoms with van der Waals surface area (Å²) >= 11 is 1.57. The van der Waals surface area contributed by atoms with Gasteiger partial charge in [0.25, 0.3) is 11.5 Å². The number of fused-ring (bicyclic) bond motifs is 1. The Morgan fingerprint density at radius 2 is 1.85 bits per heavy atom. The second-order valence-corrected chi connectivity index (χ2v) is 15.0. The Hall–Kier alpha value is -6.25. The van der Waals surface area contributed by atoms with Crippen molar-refractivity contribution in [1.82, 2.24) is 40.0 Å². The first-order valence-electron chi connectivity index (χ1n) is 19.1. The molecular formula is C38H42N12O8S. The molecule has 59 heavy (non-hydrogen) atoms. The van der Waals surface area contributed by atoms with Gasteiger partial charge in [0.1, 0.15) is 11.9 Å². The number of piperidine rings is 1. The van der Waals surface area contributed by atoms with Crippen molar-refractivity contribution in [3.8, 4) is 10.6 Å². The number of azide groups is 1. The lowest BCUT2D eigenvalue weighted by Crippen LogP contribution is -2.46. The molecule has 2 saturated heterocycles. The normalized spacial score (nSPS) is 18.1. The van der Waals surface area contributed by atoms with E-state index in [4.69, 9.17) is 20.0 Å². The van der Waals surface area contributed by atoms with Crippen LogP contribution in [0.3, 0.4) is 0 Å². The van der Waals surface area contributed by atoms with Crippen LogP contribution < -0.4 is 27.6 Å². The zero-order valence-corrected chi connectivity index (χ0v) is 32.7.